The molecule has 1 amide bonds. The number of carbonyl (C=O) groups is 1. The number of carbonyl (C=O) groups excluding carboxylic acids is 1. The maximum Gasteiger partial charge on any atom is 0.259 e. The SMILES string of the molecule is CC(=O)N1NC(N)=C2N=C(c3ccc(Cl)cc3Cl)NN21. The molecule has 0 saturated carbocycles. The average Bonchev–Trinajstić information content (AvgIpc) is 2.90. The molecule has 1 aromatic rings. The van der Waals surface area contributed by atoms with Crippen LogP contribution in [-0.4, -0.2) is 22.0 Å². The fourth-order valence-electron chi connectivity index (χ4n) is 1.89. The van der Waals surface area contributed by atoms with E-state index < -0.39 is 0 Å². The zero-order valence-corrected chi connectivity index (χ0v) is 11.8. The van der Waals surface area contributed by atoms with Crippen LogP contribution in [0.4, 0.5) is 0 Å². The van der Waals surface area contributed by atoms with Gasteiger partial charge in [-0.3, -0.25) is 15.6 Å². The normalized spacial score (nSPS) is 16.9. The van der Waals surface area contributed by atoms with E-state index in [-0.39, 0.29) is 11.7 Å². The molecule has 1 aromatic carbocycles. The predicted molar refractivity (Wildman–Crippen MR) is 74.8 cm³/mol. The van der Waals surface area contributed by atoms with Crippen molar-refractivity contribution in [2.75, 3.05) is 0 Å². The van der Waals surface area contributed by atoms with E-state index in [1.165, 1.54) is 17.2 Å². The first kappa shape index (κ1) is 12.9. The Bertz CT molecular complexity index is 671. The zero-order valence-electron chi connectivity index (χ0n) is 10.3. The Hall–Kier alpha value is -2.12. The van der Waals surface area contributed by atoms with Crippen molar-refractivity contribution in [3.8, 4) is 0 Å². The molecule has 0 unspecified atom stereocenters. The largest absolute Gasteiger partial charge is 0.381 e. The lowest BCUT2D eigenvalue weighted by atomic mass is 10.2. The molecule has 4 N–H and O–H groups in total. The fraction of sp³-hybridized carbons (Fsp3) is 0.0909. The highest BCUT2D eigenvalue weighted by Crippen LogP contribution is 2.26. The number of benzene rings is 1. The van der Waals surface area contributed by atoms with Gasteiger partial charge in [-0.15, -0.1) is 10.2 Å². The quantitative estimate of drug-likeness (QED) is 0.718. The smallest absolute Gasteiger partial charge is 0.259 e. The Morgan fingerprint density at radius 2 is 2.10 bits per heavy atom. The lowest BCUT2D eigenvalue weighted by molar-refractivity contribution is -0.148. The van der Waals surface area contributed by atoms with Crippen LogP contribution in [0, 0.1) is 0 Å². The second-order valence-corrected chi connectivity index (χ2v) is 5.03. The third kappa shape index (κ3) is 1.91. The second-order valence-electron chi connectivity index (χ2n) is 4.19. The van der Waals surface area contributed by atoms with Crippen LogP contribution in [0.1, 0.15) is 12.5 Å². The highest BCUT2D eigenvalue weighted by molar-refractivity contribution is 6.37. The number of hydrogen-bond acceptors (Lipinski definition) is 6. The summed E-state index contributed by atoms with van der Waals surface area (Å²) in [6.45, 7) is 1.40. The van der Waals surface area contributed by atoms with Gasteiger partial charge in [-0.1, -0.05) is 23.2 Å². The molecule has 20 heavy (non-hydrogen) atoms. The molecular weight excluding hydrogens is 303 g/mol. The molecule has 7 nitrogen and oxygen atoms in total. The van der Waals surface area contributed by atoms with Gasteiger partial charge in [0.25, 0.3) is 5.91 Å². The maximum atomic E-state index is 11.5. The summed E-state index contributed by atoms with van der Waals surface area (Å²) in [5, 5.41) is 3.61. The minimum Gasteiger partial charge on any atom is -0.381 e. The number of amides is 1. The molecule has 0 atom stereocenters. The zero-order chi connectivity index (χ0) is 14.4. The van der Waals surface area contributed by atoms with Gasteiger partial charge in [-0.25, -0.2) is 4.99 Å². The number of hydrazine groups is 3. The van der Waals surface area contributed by atoms with E-state index in [1.807, 2.05) is 0 Å². The molecule has 0 fully saturated rings. The number of fused-ring (bicyclic) bond motifs is 1. The summed E-state index contributed by atoms with van der Waals surface area (Å²) in [6.07, 6.45) is 0. The Labute approximate surface area is 124 Å². The van der Waals surface area contributed by atoms with Crippen LogP contribution in [-0.2, 0) is 4.79 Å². The van der Waals surface area contributed by atoms with Crippen molar-refractivity contribution in [1.82, 2.24) is 21.1 Å². The Balaban J connectivity index is 1.97. The van der Waals surface area contributed by atoms with Crippen molar-refractivity contribution in [2.24, 2.45) is 10.7 Å². The Morgan fingerprint density at radius 1 is 1.35 bits per heavy atom. The minimum absolute atomic E-state index is 0.242. The van der Waals surface area contributed by atoms with Crippen molar-refractivity contribution >= 4 is 34.9 Å². The second kappa shape index (κ2) is 4.46. The van der Waals surface area contributed by atoms with Gasteiger partial charge in [0.2, 0.25) is 5.82 Å². The molecule has 0 radical (unpaired) electrons. The molecule has 104 valence electrons. The number of rotatable bonds is 1. The monoisotopic (exact) mass is 312 g/mol. The molecular formula is C11H10Cl2N6O. The summed E-state index contributed by atoms with van der Waals surface area (Å²) >= 11 is 12.0. The van der Waals surface area contributed by atoms with Crippen LogP contribution in [0.15, 0.2) is 34.8 Å². The van der Waals surface area contributed by atoms with Crippen molar-refractivity contribution < 1.29 is 4.79 Å². The number of nitrogens with one attached hydrogen (secondary N) is 2. The maximum absolute atomic E-state index is 11.5. The molecule has 0 bridgehead atoms. The highest BCUT2D eigenvalue weighted by Gasteiger charge is 2.36. The van der Waals surface area contributed by atoms with Crippen LogP contribution in [0.3, 0.4) is 0 Å². The molecule has 0 aromatic heterocycles. The van der Waals surface area contributed by atoms with E-state index in [9.17, 15) is 4.79 Å². The Morgan fingerprint density at radius 3 is 2.75 bits per heavy atom. The van der Waals surface area contributed by atoms with E-state index in [0.29, 0.717) is 27.3 Å². The fourth-order valence-corrected chi connectivity index (χ4v) is 2.38. The summed E-state index contributed by atoms with van der Waals surface area (Å²) < 4.78 is 0. The van der Waals surface area contributed by atoms with Crippen LogP contribution >= 0.6 is 23.2 Å². The summed E-state index contributed by atoms with van der Waals surface area (Å²) in [5.41, 5.74) is 12.1. The van der Waals surface area contributed by atoms with Gasteiger partial charge in [0.1, 0.15) is 0 Å². The van der Waals surface area contributed by atoms with E-state index in [4.69, 9.17) is 28.9 Å². The van der Waals surface area contributed by atoms with E-state index >= 15 is 0 Å². The first-order valence-electron chi connectivity index (χ1n) is 5.65. The van der Waals surface area contributed by atoms with Gasteiger partial charge in [-0.2, -0.15) is 0 Å². The van der Waals surface area contributed by atoms with Crippen LogP contribution < -0.4 is 16.6 Å². The summed E-state index contributed by atoms with van der Waals surface area (Å²) in [6, 6.07) is 5.06. The summed E-state index contributed by atoms with van der Waals surface area (Å²) in [5.74, 6) is 0.917. The third-order valence-electron chi connectivity index (χ3n) is 2.78. The van der Waals surface area contributed by atoms with Gasteiger partial charge in [0.15, 0.2) is 11.7 Å². The first-order valence-corrected chi connectivity index (χ1v) is 6.41. The first-order chi connectivity index (χ1) is 9.47. The number of nitrogens with two attached hydrogens (primary N) is 1. The topological polar surface area (TPSA) is 86.0 Å². The Kier molecular flexibility index (Phi) is 2.88. The van der Waals surface area contributed by atoms with Crippen molar-refractivity contribution in [3.05, 3.63) is 45.4 Å². The molecule has 2 heterocycles. The predicted octanol–water partition coefficient (Wildman–Crippen LogP) is 0.927. The van der Waals surface area contributed by atoms with E-state index in [2.05, 4.69) is 15.8 Å². The molecule has 0 aliphatic carbocycles. The van der Waals surface area contributed by atoms with Crippen molar-refractivity contribution in [1.29, 1.82) is 0 Å². The number of nitrogens with zero attached hydrogens (tertiary/aromatic N) is 3. The minimum atomic E-state index is -0.242. The molecule has 9 heteroatoms. The van der Waals surface area contributed by atoms with Gasteiger partial charge in [0.05, 0.1) is 5.02 Å². The molecule has 0 saturated heterocycles. The molecule has 0 spiro atoms. The van der Waals surface area contributed by atoms with E-state index in [0.717, 1.165) is 0 Å². The number of hydrogen-bond donors (Lipinski definition) is 3. The van der Waals surface area contributed by atoms with Crippen LogP contribution in [0.5, 0.6) is 0 Å². The van der Waals surface area contributed by atoms with Crippen LogP contribution in [0.2, 0.25) is 10.0 Å². The summed E-state index contributed by atoms with van der Waals surface area (Å²) in [7, 11) is 0. The number of amidine groups is 1. The molecule has 2 aliphatic rings. The van der Waals surface area contributed by atoms with Gasteiger partial charge < -0.3 is 5.73 Å². The molecule has 3 rings (SSSR count). The molecule has 2 aliphatic heterocycles. The van der Waals surface area contributed by atoms with E-state index in [1.54, 1.807) is 18.2 Å². The number of aliphatic imine (C=N–C) groups is 1. The van der Waals surface area contributed by atoms with Gasteiger partial charge in [-0.05, 0) is 18.2 Å². The number of halogens is 2. The lowest BCUT2D eigenvalue weighted by Crippen LogP contribution is -2.52. The highest BCUT2D eigenvalue weighted by atomic mass is 35.5. The lowest BCUT2D eigenvalue weighted by Gasteiger charge is -2.25. The third-order valence-corrected chi connectivity index (χ3v) is 3.33. The van der Waals surface area contributed by atoms with Gasteiger partial charge in [0, 0.05) is 17.5 Å². The summed E-state index contributed by atoms with van der Waals surface area (Å²) in [4.78, 5) is 15.8. The van der Waals surface area contributed by atoms with Crippen molar-refractivity contribution in [3.63, 3.8) is 0 Å². The van der Waals surface area contributed by atoms with Gasteiger partial charge >= 0.3 is 0 Å². The standard InChI is InChI=1S/C11H10Cl2N6O/c1-5(20)18-16-9(14)11-15-10(17-19(11)18)7-3-2-6(12)4-8(7)13/h2-4,16H,14H2,1H3,(H,15,17). The van der Waals surface area contributed by atoms with Crippen molar-refractivity contribution in [2.45, 2.75) is 6.92 Å². The van der Waals surface area contributed by atoms with Crippen LogP contribution in [0.25, 0.3) is 0 Å². The average molecular weight is 313 g/mol.